The van der Waals surface area contributed by atoms with Gasteiger partial charge in [0.15, 0.2) is 5.76 Å². The zero-order chi connectivity index (χ0) is 14.9. The highest BCUT2D eigenvalue weighted by Gasteiger charge is 2.31. The van der Waals surface area contributed by atoms with Crippen LogP contribution in [0.3, 0.4) is 0 Å². The average molecular weight is 344 g/mol. The lowest BCUT2D eigenvalue weighted by molar-refractivity contribution is 0.316. The summed E-state index contributed by atoms with van der Waals surface area (Å²) >= 11 is 0. The molecule has 0 bridgehead atoms. The Labute approximate surface area is 135 Å². The maximum atomic E-state index is 12.9. The van der Waals surface area contributed by atoms with Crippen molar-refractivity contribution in [3.63, 3.8) is 0 Å². The molecule has 1 aliphatic heterocycles. The van der Waals surface area contributed by atoms with Gasteiger partial charge in [0.1, 0.15) is 0 Å². The van der Waals surface area contributed by atoms with E-state index in [4.69, 9.17) is 10.3 Å². The number of nitrogens with two attached hydrogens (primary N) is 1. The Balaban J connectivity index is 0.00000176. The summed E-state index contributed by atoms with van der Waals surface area (Å²) < 4.78 is 32.3. The van der Waals surface area contributed by atoms with Crippen molar-refractivity contribution < 1.29 is 12.9 Å². The first-order valence-corrected chi connectivity index (χ1v) is 8.29. The molecule has 2 aromatic rings. The summed E-state index contributed by atoms with van der Waals surface area (Å²) in [6.07, 6.45) is 3.14. The lowest BCUT2D eigenvalue weighted by atomic mass is 10.1. The number of nitrogens with zero attached hydrogens (tertiary/aromatic N) is 2. The van der Waals surface area contributed by atoms with Gasteiger partial charge in [0.25, 0.3) is 0 Å². The molecule has 0 radical (unpaired) electrons. The van der Waals surface area contributed by atoms with Crippen LogP contribution in [0, 0.1) is 0 Å². The fourth-order valence-corrected chi connectivity index (χ4v) is 4.31. The molecule has 8 heteroatoms. The zero-order valence-electron chi connectivity index (χ0n) is 11.9. The van der Waals surface area contributed by atoms with E-state index in [1.807, 2.05) is 0 Å². The number of aromatic nitrogens is 1. The molecular weight excluding hydrogens is 326 g/mol. The lowest BCUT2D eigenvalue weighted by Crippen LogP contribution is -2.45. The standard InChI is InChI=1S/C14H17N3O3S.ClH/c15-11-4-3-9-17(10-11)21(18,19)14-6-2-1-5-12(14)13-7-8-16-20-13;/h1-2,5-8,11H,3-4,9-10,15H2;1H. The largest absolute Gasteiger partial charge is 0.356 e. The van der Waals surface area contributed by atoms with Gasteiger partial charge in [0.05, 0.1) is 11.1 Å². The van der Waals surface area contributed by atoms with Crippen LogP contribution in [-0.2, 0) is 10.0 Å². The molecule has 1 atom stereocenters. The van der Waals surface area contributed by atoms with Crippen molar-refractivity contribution in [1.82, 2.24) is 9.46 Å². The zero-order valence-corrected chi connectivity index (χ0v) is 13.5. The molecule has 0 spiro atoms. The van der Waals surface area contributed by atoms with Crippen LogP contribution in [0.15, 0.2) is 45.9 Å². The van der Waals surface area contributed by atoms with Gasteiger partial charge in [0, 0.05) is 30.8 Å². The number of piperidine rings is 1. The molecule has 2 heterocycles. The molecule has 1 saturated heterocycles. The monoisotopic (exact) mass is 343 g/mol. The number of sulfonamides is 1. The van der Waals surface area contributed by atoms with Crippen LogP contribution >= 0.6 is 12.4 Å². The molecule has 1 aliphatic rings. The number of hydrogen-bond donors (Lipinski definition) is 1. The molecule has 0 aliphatic carbocycles. The maximum absolute atomic E-state index is 12.9. The number of benzene rings is 1. The highest BCUT2D eigenvalue weighted by molar-refractivity contribution is 7.89. The molecule has 1 fully saturated rings. The van der Waals surface area contributed by atoms with Gasteiger partial charge < -0.3 is 10.3 Å². The van der Waals surface area contributed by atoms with Gasteiger partial charge in [-0.2, -0.15) is 4.31 Å². The van der Waals surface area contributed by atoms with Crippen LogP contribution < -0.4 is 5.73 Å². The van der Waals surface area contributed by atoms with Crippen LogP contribution in [0.25, 0.3) is 11.3 Å². The summed E-state index contributed by atoms with van der Waals surface area (Å²) in [4.78, 5) is 0.232. The van der Waals surface area contributed by atoms with Crippen molar-refractivity contribution in [2.45, 2.75) is 23.8 Å². The molecule has 1 aromatic carbocycles. The van der Waals surface area contributed by atoms with E-state index in [0.29, 0.717) is 24.4 Å². The van der Waals surface area contributed by atoms with E-state index >= 15 is 0 Å². The predicted molar refractivity (Wildman–Crippen MR) is 85.2 cm³/mol. The molecule has 1 aromatic heterocycles. The summed E-state index contributed by atoms with van der Waals surface area (Å²) in [5, 5.41) is 3.64. The van der Waals surface area contributed by atoms with Gasteiger partial charge in [-0.15, -0.1) is 12.4 Å². The Bertz CT molecular complexity index is 719. The van der Waals surface area contributed by atoms with Gasteiger partial charge >= 0.3 is 0 Å². The first-order valence-electron chi connectivity index (χ1n) is 6.85. The molecule has 2 N–H and O–H groups in total. The Kier molecular flexibility index (Phi) is 5.23. The SMILES string of the molecule is Cl.NC1CCCN(S(=O)(=O)c2ccccc2-c2ccno2)C1. The first kappa shape index (κ1) is 17.0. The van der Waals surface area contributed by atoms with E-state index in [-0.39, 0.29) is 23.3 Å². The molecule has 3 rings (SSSR count). The van der Waals surface area contributed by atoms with E-state index in [9.17, 15) is 8.42 Å². The second kappa shape index (κ2) is 6.78. The Morgan fingerprint density at radius 2 is 2.05 bits per heavy atom. The first-order chi connectivity index (χ1) is 10.1. The number of rotatable bonds is 3. The van der Waals surface area contributed by atoms with Crippen LogP contribution in [0.4, 0.5) is 0 Å². The molecule has 0 saturated carbocycles. The van der Waals surface area contributed by atoms with Crippen LogP contribution in [0.1, 0.15) is 12.8 Å². The summed E-state index contributed by atoms with van der Waals surface area (Å²) in [7, 11) is -3.59. The quantitative estimate of drug-likeness (QED) is 0.919. The molecule has 0 amide bonds. The van der Waals surface area contributed by atoms with E-state index in [1.54, 1.807) is 30.3 Å². The summed E-state index contributed by atoms with van der Waals surface area (Å²) in [5.74, 6) is 0.440. The lowest BCUT2D eigenvalue weighted by Gasteiger charge is -2.30. The van der Waals surface area contributed by atoms with E-state index in [0.717, 1.165) is 12.8 Å². The predicted octanol–water partition coefficient (Wildman–Crippen LogP) is 1.88. The van der Waals surface area contributed by atoms with Gasteiger partial charge in [-0.05, 0) is 25.0 Å². The summed E-state index contributed by atoms with van der Waals surface area (Å²) in [6, 6.07) is 8.34. The number of halogens is 1. The molecule has 22 heavy (non-hydrogen) atoms. The summed E-state index contributed by atoms with van der Waals surface area (Å²) in [6.45, 7) is 0.855. The second-order valence-corrected chi connectivity index (χ2v) is 7.04. The molecular formula is C14H18ClN3O3S. The van der Waals surface area contributed by atoms with Gasteiger partial charge in [-0.1, -0.05) is 17.3 Å². The maximum Gasteiger partial charge on any atom is 0.243 e. The third kappa shape index (κ3) is 3.17. The average Bonchev–Trinajstić information content (AvgIpc) is 3.01. The minimum absolute atomic E-state index is 0. The third-order valence-electron chi connectivity index (χ3n) is 3.63. The Hall–Kier alpha value is -1.41. The van der Waals surface area contributed by atoms with E-state index < -0.39 is 10.0 Å². The Morgan fingerprint density at radius 1 is 1.27 bits per heavy atom. The third-order valence-corrected chi connectivity index (χ3v) is 5.55. The minimum Gasteiger partial charge on any atom is -0.356 e. The van der Waals surface area contributed by atoms with Crippen LogP contribution in [-0.4, -0.2) is 37.0 Å². The van der Waals surface area contributed by atoms with Crippen molar-refractivity contribution in [3.8, 4) is 11.3 Å². The fourth-order valence-electron chi connectivity index (χ4n) is 2.58. The Morgan fingerprint density at radius 3 is 2.73 bits per heavy atom. The minimum atomic E-state index is -3.59. The fraction of sp³-hybridized carbons (Fsp3) is 0.357. The molecule has 120 valence electrons. The van der Waals surface area contributed by atoms with E-state index in [1.165, 1.54) is 10.5 Å². The van der Waals surface area contributed by atoms with Gasteiger partial charge in [-0.25, -0.2) is 8.42 Å². The van der Waals surface area contributed by atoms with E-state index in [2.05, 4.69) is 5.16 Å². The van der Waals surface area contributed by atoms with Crippen LogP contribution in [0.2, 0.25) is 0 Å². The van der Waals surface area contributed by atoms with Gasteiger partial charge in [0.2, 0.25) is 10.0 Å². The smallest absolute Gasteiger partial charge is 0.243 e. The van der Waals surface area contributed by atoms with Crippen molar-refractivity contribution in [2.24, 2.45) is 5.73 Å². The van der Waals surface area contributed by atoms with Crippen molar-refractivity contribution in [1.29, 1.82) is 0 Å². The van der Waals surface area contributed by atoms with Crippen molar-refractivity contribution in [3.05, 3.63) is 36.5 Å². The van der Waals surface area contributed by atoms with Crippen LogP contribution in [0.5, 0.6) is 0 Å². The highest BCUT2D eigenvalue weighted by atomic mass is 35.5. The topological polar surface area (TPSA) is 89.4 Å². The second-order valence-electron chi connectivity index (χ2n) is 5.14. The highest BCUT2D eigenvalue weighted by Crippen LogP contribution is 2.30. The molecule has 1 unspecified atom stereocenters. The normalized spacial score (nSPS) is 19.6. The van der Waals surface area contributed by atoms with Gasteiger partial charge in [-0.3, -0.25) is 0 Å². The summed E-state index contributed by atoms with van der Waals surface area (Å²) in [5.41, 5.74) is 6.42. The van der Waals surface area contributed by atoms with Crippen molar-refractivity contribution >= 4 is 22.4 Å². The number of hydrogen-bond acceptors (Lipinski definition) is 5. The molecule has 6 nitrogen and oxygen atoms in total. The van der Waals surface area contributed by atoms with Crippen molar-refractivity contribution in [2.75, 3.05) is 13.1 Å².